The lowest BCUT2D eigenvalue weighted by Crippen LogP contribution is -2.48. The average molecular weight is 347 g/mol. The number of amides is 2. The number of benzene rings is 1. The van der Waals surface area contributed by atoms with Crippen molar-refractivity contribution in [2.45, 2.75) is 45.6 Å². The molecule has 1 heterocycles. The van der Waals surface area contributed by atoms with Gasteiger partial charge in [-0.25, -0.2) is 0 Å². The van der Waals surface area contributed by atoms with Crippen molar-refractivity contribution in [3.05, 3.63) is 24.3 Å². The van der Waals surface area contributed by atoms with Crippen LogP contribution in [0.2, 0.25) is 0 Å². The number of nitrogens with zero attached hydrogens (tertiary/aromatic N) is 2. The van der Waals surface area contributed by atoms with Crippen LogP contribution in [0.1, 0.15) is 39.5 Å². The molecule has 0 spiro atoms. The summed E-state index contributed by atoms with van der Waals surface area (Å²) in [6.07, 6.45) is 3.30. The summed E-state index contributed by atoms with van der Waals surface area (Å²) in [4.78, 5) is 28.6. The minimum Gasteiger partial charge on any atom is -0.396 e. The lowest BCUT2D eigenvalue weighted by atomic mass is 9.99. The maximum absolute atomic E-state index is 12.5. The van der Waals surface area contributed by atoms with Crippen LogP contribution in [-0.4, -0.2) is 54.1 Å². The van der Waals surface area contributed by atoms with Gasteiger partial charge in [0.05, 0.1) is 0 Å². The number of hydrogen-bond donors (Lipinski definition) is 2. The summed E-state index contributed by atoms with van der Waals surface area (Å²) >= 11 is 0. The Morgan fingerprint density at radius 3 is 2.48 bits per heavy atom. The Morgan fingerprint density at radius 2 is 1.88 bits per heavy atom. The van der Waals surface area contributed by atoms with E-state index in [1.54, 1.807) is 4.90 Å². The predicted molar refractivity (Wildman–Crippen MR) is 99.7 cm³/mol. The first-order valence-electron chi connectivity index (χ1n) is 9.18. The number of piperidine rings is 1. The Hall–Kier alpha value is -2.08. The van der Waals surface area contributed by atoms with Gasteiger partial charge in [0.1, 0.15) is 0 Å². The molecule has 1 saturated heterocycles. The average Bonchev–Trinajstić information content (AvgIpc) is 2.64. The van der Waals surface area contributed by atoms with Crippen LogP contribution in [0.5, 0.6) is 0 Å². The van der Waals surface area contributed by atoms with E-state index in [1.165, 1.54) is 0 Å². The van der Waals surface area contributed by atoms with Gasteiger partial charge in [-0.3, -0.25) is 9.59 Å². The number of aliphatic hydroxyl groups is 1. The van der Waals surface area contributed by atoms with Gasteiger partial charge in [0.2, 0.25) is 0 Å². The molecule has 1 aromatic carbocycles. The number of rotatable bonds is 6. The molecule has 0 radical (unpaired) electrons. The van der Waals surface area contributed by atoms with Crippen molar-refractivity contribution in [2.75, 3.05) is 36.5 Å². The highest BCUT2D eigenvalue weighted by molar-refractivity contribution is 6.39. The molecule has 0 bridgehead atoms. The largest absolute Gasteiger partial charge is 0.396 e. The van der Waals surface area contributed by atoms with Crippen molar-refractivity contribution in [3.63, 3.8) is 0 Å². The fraction of sp³-hybridized carbons (Fsp3) is 0.579. The van der Waals surface area contributed by atoms with Crippen molar-refractivity contribution in [3.8, 4) is 0 Å². The molecule has 1 aliphatic rings. The lowest BCUT2D eigenvalue weighted by Gasteiger charge is -2.35. The molecular formula is C19H29N3O3. The molecule has 25 heavy (non-hydrogen) atoms. The first-order valence-corrected chi connectivity index (χ1v) is 9.18. The second-order valence-corrected chi connectivity index (χ2v) is 6.33. The first kappa shape index (κ1) is 19.2. The van der Waals surface area contributed by atoms with Crippen molar-refractivity contribution in [2.24, 2.45) is 0 Å². The summed E-state index contributed by atoms with van der Waals surface area (Å²) in [6, 6.07) is 7.49. The van der Waals surface area contributed by atoms with Crippen LogP contribution < -0.4 is 10.2 Å². The molecular weight excluding hydrogens is 318 g/mol. The molecule has 0 aromatic heterocycles. The second kappa shape index (κ2) is 9.42. The smallest absolute Gasteiger partial charge is 0.313 e. The normalized spacial score (nSPS) is 17.2. The summed E-state index contributed by atoms with van der Waals surface area (Å²) in [7, 11) is 0. The third-order valence-electron chi connectivity index (χ3n) is 4.80. The highest BCUT2D eigenvalue weighted by atomic mass is 16.3. The van der Waals surface area contributed by atoms with Crippen LogP contribution in [-0.2, 0) is 9.59 Å². The molecule has 2 N–H and O–H groups in total. The van der Waals surface area contributed by atoms with Gasteiger partial charge in [-0.1, -0.05) is 0 Å². The number of likely N-dealkylation sites (tertiary alicyclic amines) is 1. The van der Waals surface area contributed by atoms with Crippen LogP contribution in [0.3, 0.4) is 0 Å². The summed E-state index contributed by atoms with van der Waals surface area (Å²) < 4.78 is 0. The minimum atomic E-state index is -0.611. The summed E-state index contributed by atoms with van der Waals surface area (Å²) in [5.74, 6) is -1.12. The van der Waals surface area contributed by atoms with Crippen LogP contribution in [0.4, 0.5) is 11.4 Å². The highest BCUT2D eigenvalue weighted by Gasteiger charge is 2.30. The maximum atomic E-state index is 12.5. The number of aliphatic hydroxyl groups excluding tert-OH is 1. The zero-order valence-corrected chi connectivity index (χ0v) is 15.2. The second-order valence-electron chi connectivity index (χ2n) is 6.33. The fourth-order valence-electron chi connectivity index (χ4n) is 3.38. The highest BCUT2D eigenvalue weighted by Crippen LogP contribution is 2.21. The summed E-state index contributed by atoms with van der Waals surface area (Å²) in [6.45, 7) is 6.64. The zero-order chi connectivity index (χ0) is 18.2. The molecule has 1 unspecified atom stereocenters. The van der Waals surface area contributed by atoms with Gasteiger partial charge in [0, 0.05) is 43.7 Å². The maximum Gasteiger partial charge on any atom is 0.313 e. The third-order valence-corrected chi connectivity index (χ3v) is 4.80. The lowest BCUT2D eigenvalue weighted by molar-refractivity contribution is -0.146. The van der Waals surface area contributed by atoms with Crippen molar-refractivity contribution >= 4 is 23.2 Å². The van der Waals surface area contributed by atoms with E-state index in [-0.39, 0.29) is 12.6 Å². The number of carbonyl (C=O) groups excluding carboxylic acids is 2. The van der Waals surface area contributed by atoms with Crippen LogP contribution in [0, 0.1) is 0 Å². The molecule has 0 aliphatic carbocycles. The van der Waals surface area contributed by atoms with Crippen LogP contribution >= 0.6 is 0 Å². The van der Waals surface area contributed by atoms with E-state index in [2.05, 4.69) is 24.1 Å². The van der Waals surface area contributed by atoms with Crippen LogP contribution in [0.15, 0.2) is 24.3 Å². The van der Waals surface area contributed by atoms with Crippen molar-refractivity contribution < 1.29 is 14.7 Å². The number of nitrogens with one attached hydrogen (secondary N) is 1. The number of hydrogen-bond acceptors (Lipinski definition) is 4. The van der Waals surface area contributed by atoms with Gasteiger partial charge in [0.25, 0.3) is 0 Å². The topological polar surface area (TPSA) is 72.9 Å². The van der Waals surface area contributed by atoms with E-state index in [4.69, 9.17) is 5.11 Å². The van der Waals surface area contributed by atoms with Gasteiger partial charge in [-0.15, -0.1) is 0 Å². The van der Waals surface area contributed by atoms with Crippen LogP contribution in [0.25, 0.3) is 0 Å². The molecule has 2 amide bonds. The Labute approximate surface area is 149 Å². The van der Waals surface area contributed by atoms with E-state index in [9.17, 15) is 9.59 Å². The van der Waals surface area contributed by atoms with E-state index in [0.717, 1.165) is 38.0 Å². The number of carbonyl (C=O) groups is 2. The van der Waals surface area contributed by atoms with Gasteiger partial charge < -0.3 is 20.2 Å². The SMILES string of the molecule is CCN(CC)c1ccc(NC(=O)C(=O)N2CCCCC2CCO)cc1. The molecule has 6 nitrogen and oxygen atoms in total. The molecule has 1 aliphatic heterocycles. The fourth-order valence-corrected chi connectivity index (χ4v) is 3.38. The minimum absolute atomic E-state index is 0.0306. The van der Waals surface area contributed by atoms with E-state index >= 15 is 0 Å². The molecule has 0 saturated carbocycles. The van der Waals surface area contributed by atoms with Gasteiger partial charge >= 0.3 is 11.8 Å². The molecule has 2 rings (SSSR count). The zero-order valence-electron chi connectivity index (χ0n) is 15.2. The van der Waals surface area contributed by atoms with E-state index in [1.807, 2.05) is 24.3 Å². The Balaban J connectivity index is 1.99. The first-order chi connectivity index (χ1) is 12.1. The molecule has 1 atom stereocenters. The summed E-state index contributed by atoms with van der Waals surface area (Å²) in [5, 5.41) is 11.9. The third kappa shape index (κ3) is 4.95. The van der Waals surface area contributed by atoms with Crippen molar-refractivity contribution in [1.82, 2.24) is 4.90 Å². The molecule has 1 fully saturated rings. The standard InChI is InChI=1S/C19H29N3O3/c1-3-21(4-2)16-10-8-15(9-11-16)20-18(24)19(25)22-13-6-5-7-17(22)12-14-23/h8-11,17,23H,3-7,12-14H2,1-2H3,(H,20,24). The van der Waals surface area contributed by atoms with Gasteiger partial charge in [0.15, 0.2) is 0 Å². The van der Waals surface area contributed by atoms with E-state index < -0.39 is 11.8 Å². The Bertz CT molecular complexity index is 568. The molecule has 1 aromatic rings. The molecule has 138 valence electrons. The predicted octanol–water partition coefficient (Wildman–Crippen LogP) is 2.23. The monoisotopic (exact) mass is 347 g/mol. The Kier molecular flexibility index (Phi) is 7.25. The molecule has 6 heteroatoms. The Morgan fingerprint density at radius 1 is 1.20 bits per heavy atom. The summed E-state index contributed by atoms with van der Waals surface area (Å²) in [5.41, 5.74) is 1.71. The number of anilines is 2. The quantitative estimate of drug-likeness (QED) is 0.774. The van der Waals surface area contributed by atoms with Crippen molar-refractivity contribution in [1.29, 1.82) is 0 Å². The van der Waals surface area contributed by atoms with Gasteiger partial charge in [-0.05, 0) is 63.8 Å². The van der Waals surface area contributed by atoms with E-state index in [0.29, 0.717) is 18.7 Å². The van der Waals surface area contributed by atoms with Gasteiger partial charge in [-0.2, -0.15) is 0 Å².